The Morgan fingerprint density at radius 3 is 2.38 bits per heavy atom. The summed E-state index contributed by atoms with van der Waals surface area (Å²) in [6.07, 6.45) is 6.07. The second-order valence-electron chi connectivity index (χ2n) is 9.39. The SMILES string of the molecule is CNC(=O)CN(C)C(=O)COC(=O)C12C[C@H]3C[C@@H](C1)CC(c1ccccc1)(C3)C2. The molecular formula is C23H30N2O4. The Hall–Kier alpha value is -2.37. The van der Waals surface area contributed by atoms with Crippen LogP contribution in [0, 0.1) is 17.3 Å². The van der Waals surface area contributed by atoms with Crippen LogP contribution >= 0.6 is 0 Å². The first kappa shape index (κ1) is 19.9. The lowest BCUT2D eigenvalue weighted by molar-refractivity contribution is -0.176. The van der Waals surface area contributed by atoms with Crippen molar-refractivity contribution in [1.29, 1.82) is 0 Å². The number of hydrogen-bond acceptors (Lipinski definition) is 4. The minimum atomic E-state index is -0.473. The van der Waals surface area contributed by atoms with Crippen LogP contribution in [-0.4, -0.2) is 49.9 Å². The highest BCUT2D eigenvalue weighted by Crippen LogP contribution is 2.66. The third-order valence-electron chi connectivity index (χ3n) is 7.29. The Morgan fingerprint density at radius 1 is 1.10 bits per heavy atom. The number of hydrogen-bond donors (Lipinski definition) is 1. The molecule has 0 aliphatic heterocycles. The molecule has 4 atom stereocenters. The lowest BCUT2D eigenvalue weighted by Crippen LogP contribution is -2.57. The van der Waals surface area contributed by atoms with Gasteiger partial charge < -0.3 is 15.0 Å². The summed E-state index contributed by atoms with van der Waals surface area (Å²) in [6.45, 7) is -0.346. The van der Waals surface area contributed by atoms with E-state index < -0.39 is 5.41 Å². The number of ether oxygens (including phenoxy) is 1. The van der Waals surface area contributed by atoms with Crippen LogP contribution in [0.2, 0.25) is 0 Å². The molecule has 2 amide bonds. The van der Waals surface area contributed by atoms with E-state index in [0.717, 1.165) is 32.1 Å². The van der Waals surface area contributed by atoms with Gasteiger partial charge in [0.1, 0.15) is 0 Å². The molecule has 1 N–H and O–H groups in total. The van der Waals surface area contributed by atoms with Crippen molar-refractivity contribution in [2.45, 2.75) is 43.9 Å². The van der Waals surface area contributed by atoms with Crippen molar-refractivity contribution in [3.8, 4) is 0 Å². The van der Waals surface area contributed by atoms with Gasteiger partial charge in [0, 0.05) is 14.1 Å². The van der Waals surface area contributed by atoms with Gasteiger partial charge in [0.15, 0.2) is 6.61 Å². The highest BCUT2D eigenvalue weighted by molar-refractivity contribution is 5.87. The molecular weight excluding hydrogens is 368 g/mol. The van der Waals surface area contributed by atoms with Crippen LogP contribution in [0.5, 0.6) is 0 Å². The standard InChI is InChI=1S/C23H30N2O4/c1-24-19(26)13-25(2)20(27)14-29-21(28)23-11-16-8-17(12-23)10-22(9-16,15-23)18-6-4-3-5-7-18/h3-7,16-17H,8-15H2,1-2H3,(H,24,26)/t16-,17+,22?,23?. The van der Waals surface area contributed by atoms with E-state index in [-0.39, 0.29) is 36.4 Å². The monoisotopic (exact) mass is 398 g/mol. The van der Waals surface area contributed by atoms with E-state index in [2.05, 4.69) is 29.6 Å². The molecule has 4 aliphatic rings. The number of esters is 1. The third-order valence-corrected chi connectivity index (χ3v) is 7.29. The Labute approximate surface area is 172 Å². The van der Waals surface area contributed by atoms with Crippen LogP contribution in [-0.2, 0) is 24.5 Å². The zero-order valence-corrected chi connectivity index (χ0v) is 17.3. The molecule has 4 saturated carbocycles. The van der Waals surface area contributed by atoms with Crippen molar-refractivity contribution >= 4 is 17.8 Å². The van der Waals surface area contributed by atoms with E-state index in [4.69, 9.17) is 4.74 Å². The van der Waals surface area contributed by atoms with Gasteiger partial charge in [-0.25, -0.2) is 0 Å². The number of rotatable bonds is 6. The first-order valence-corrected chi connectivity index (χ1v) is 10.5. The van der Waals surface area contributed by atoms with Crippen LogP contribution in [0.4, 0.5) is 0 Å². The summed E-state index contributed by atoms with van der Waals surface area (Å²) in [5, 5.41) is 2.48. The van der Waals surface area contributed by atoms with Gasteiger partial charge in [-0.2, -0.15) is 0 Å². The molecule has 4 bridgehead atoms. The second kappa shape index (κ2) is 7.47. The van der Waals surface area contributed by atoms with Crippen molar-refractivity contribution < 1.29 is 19.1 Å². The van der Waals surface area contributed by atoms with Gasteiger partial charge >= 0.3 is 5.97 Å². The minimum absolute atomic E-state index is 0.0424. The van der Waals surface area contributed by atoms with Crippen LogP contribution < -0.4 is 5.32 Å². The van der Waals surface area contributed by atoms with Crippen molar-refractivity contribution in [3.63, 3.8) is 0 Å². The highest BCUT2D eigenvalue weighted by atomic mass is 16.5. The molecule has 5 rings (SSSR count). The van der Waals surface area contributed by atoms with Crippen molar-refractivity contribution in [2.24, 2.45) is 17.3 Å². The quantitative estimate of drug-likeness (QED) is 0.746. The van der Waals surface area contributed by atoms with Gasteiger partial charge in [0.2, 0.25) is 5.91 Å². The summed E-state index contributed by atoms with van der Waals surface area (Å²) in [4.78, 5) is 38.2. The topological polar surface area (TPSA) is 75.7 Å². The average molecular weight is 399 g/mol. The lowest BCUT2D eigenvalue weighted by atomic mass is 9.43. The summed E-state index contributed by atoms with van der Waals surface area (Å²) in [6, 6.07) is 10.6. The summed E-state index contributed by atoms with van der Waals surface area (Å²) in [5.74, 6) is 0.266. The zero-order chi connectivity index (χ0) is 20.6. The molecule has 0 radical (unpaired) electrons. The molecule has 1 aromatic carbocycles. The number of likely N-dealkylation sites (N-methyl/N-ethyl adjacent to an activating group) is 2. The first-order chi connectivity index (χ1) is 13.9. The van der Waals surface area contributed by atoms with E-state index in [1.54, 1.807) is 7.05 Å². The third kappa shape index (κ3) is 3.65. The maximum Gasteiger partial charge on any atom is 0.312 e. The number of nitrogens with zero attached hydrogens (tertiary/aromatic N) is 1. The van der Waals surface area contributed by atoms with E-state index in [9.17, 15) is 14.4 Å². The van der Waals surface area contributed by atoms with Gasteiger partial charge in [0.25, 0.3) is 5.91 Å². The fourth-order valence-corrected chi connectivity index (χ4v) is 6.40. The Kier molecular flexibility index (Phi) is 5.13. The maximum atomic E-state index is 13.2. The van der Waals surface area contributed by atoms with Crippen molar-refractivity contribution in [2.75, 3.05) is 27.2 Å². The average Bonchev–Trinajstić information content (AvgIpc) is 2.71. The molecule has 0 spiro atoms. The number of nitrogens with one attached hydrogen (secondary N) is 1. The molecule has 0 saturated heterocycles. The molecule has 6 heteroatoms. The molecule has 0 heterocycles. The van der Waals surface area contributed by atoms with Crippen LogP contribution in [0.15, 0.2) is 30.3 Å². The summed E-state index contributed by atoms with van der Waals surface area (Å²) in [7, 11) is 3.07. The van der Waals surface area contributed by atoms with E-state index in [1.165, 1.54) is 23.9 Å². The maximum absolute atomic E-state index is 13.2. The minimum Gasteiger partial charge on any atom is -0.455 e. The number of benzene rings is 1. The molecule has 29 heavy (non-hydrogen) atoms. The normalized spacial score (nSPS) is 31.9. The number of carbonyl (C=O) groups excluding carboxylic acids is 3. The lowest BCUT2D eigenvalue weighted by Gasteiger charge is -2.61. The fourth-order valence-electron chi connectivity index (χ4n) is 6.40. The largest absolute Gasteiger partial charge is 0.455 e. The Morgan fingerprint density at radius 2 is 1.76 bits per heavy atom. The molecule has 4 fully saturated rings. The summed E-state index contributed by atoms with van der Waals surface area (Å²) >= 11 is 0. The number of amides is 2. The fraction of sp³-hybridized carbons (Fsp3) is 0.609. The van der Waals surface area contributed by atoms with Gasteiger partial charge in [0.05, 0.1) is 12.0 Å². The Bertz CT molecular complexity index is 792. The molecule has 2 unspecified atom stereocenters. The predicted molar refractivity (Wildman–Crippen MR) is 108 cm³/mol. The second-order valence-corrected chi connectivity index (χ2v) is 9.39. The smallest absolute Gasteiger partial charge is 0.312 e. The van der Waals surface area contributed by atoms with E-state index >= 15 is 0 Å². The van der Waals surface area contributed by atoms with Gasteiger partial charge in [-0.15, -0.1) is 0 Å². The van der Waals surface area contributed by atoms with Crippen LogP contribution in [0.1, 0.15) is 44.1 Å². The van der Waals surface area contributed by atoms with Gasteiger partial charge in [-0.05, 0) is 61.3 Å². The Balaban J connectivity index is 1.46. The van der Waals surface area contributed by atoms with Crippen molar-refractivity contribution in [1.82, 2.24) is 10.2 Å². The van der Waals surface area contributed by atoms with Crippen molar-refractivity contribution in [3.05, 3.63) is 35.9 Å². The molecule has 6 nitrogen and oxygen atoms in total. The van der Waals surface area contributed by atoms with Crippen LogP contribution in [0.25, 0.3) is 0 Å². The van der Waals surface area contributed by atoms with E-state index in [0.29, 0.717) is 11.8 Å². The summed E-state index contributed by atoms with van der Waals surface area (Å²) in [5.41, 5.74) is 0.928. The highest BCUT2D eigenvalue weighted by Gasteiger charge is 2.61. The molecule has 1 aromatic rings. The molecule has 0 aromatic heterocycles. The first-order valence-electron chi connectivity index (χ1n) is 10.5. The summed E-state index contributed by atoms with van der Waals surface area (Å²) < 4.78 is 5.54. The number of carbonyl (C=O) groups is 3. The van der Waals surface area contributed by atoms with E-state index in [1.807, 2.05) is 6.07 Å². The molecule has 156 valence electrons. The predicted octanol–water partition coefficient (Wildman–Crippen LogP) is 2.27. The molecule has 4 aliphatic carbocycles. The van der Waals surface area contributed by atoms with Gasteiger partial charge in [-0.1, -0.05) is 30.3 Å². The van der Waals surface area contributed by atoms with Crippen LogP contribution in [0.3, 0.4) is 0 Å². The zero-order valence-electron chi connectivity index (χ0n) is 17.3. The van der Waals surface area contributed by atoms with Gasteiger partial charge in [-0.3, -0.25) is 14.4 Å².